The van der Waals surface area contributed by atoms with Gasteiger partial charge < -0.3 is 4.90 Å². The van der Waals surface area contributed by atoms with Gasteiger partial charge in [0.25, 0.3) is 0 Å². The Kier molecular flexibility index (Phi) is 6.01. The zero-order valence-corrected chi connectivity index (χ0v) is 14.1. The zero-order valence-electron chi connectivity index (χ0n) is 14.1. The first-order chi connectivity index (χ1) is 11.5. The van der Waals surface area contributed by atoms with Crippen molar-refractivity contribution >= 4 is 5.91 Å². The molecule has 0 saturated heterocycles. The van der Waals surface area contributed by atoms with Crippen LogP contribution in [-0.4, -0.2) is 31.9 Å². The highest BCUT2D eigenvalue weighted by atomic mass is 16.2. The fourth-order valence-electron chi connectivity index (χ4n) is 2.51. The number of aromatic nitrogens is 3. The van der Waals surface area contributed by atoms with E-state index in [1.165, 1.54) is 4.57 Å². The van der Waals surface area contributed by atoms with Gasteiger partial charge in [0.2, 0.25) is 5.91 Å². The zero-order chi connectivity index (χ0) is 17.5. The third-order valence-electron chi connectivity index (χ3n) is 3.68. The summed E-state index contributed by atoms with van der Waals surface area (Å²) in [6.45, 7) is 8.50. The maximum Gasteiger partial charge on any atom is 0.347 e. The summed E-state index contributed by atoms with van der Waals surface area (Å²) in [7, 11) is 0. The molecule has 0 atom stereocenters. The normalized spacial score (nSPS) is 10.4. The number of pyridine rings is 1. The molecule has 0 spiro atoms. The third-order valence-corrected chi connectivity index (χ3v) is 3.68. The van der Waals surface area contributed by atoms with Crippen LogP contribution in [0.5, 0.6) is 0 Å². The molecule has 6 heteroatoms. The van der Waals surface area contributed by atoms with Crippen LogP contribution in [-0.2, 0) is 17.9 Å². The smallest absolute Gasteiger partial charge is 0.333 e. The highest BCUT2D eigenvalue weighted by Gasteiger charge is 2.14. The van der Waals surface area contributed by atoms with Crippen molar-refractivity contribution < 1.29 is 4.79 Å². The lowest BCUT2D eigenvalue weighted by Crippen LogP contribution is -2.33. The average Bonchev–Trinajstić information content (AvgIpc) is 2.54. The molecular weight excluding hydrogens is 304 g/mol. The van der Waals surface area contributed by atoms with Gasteiger partial charge in [0.1, 0.15) is 0 Å². The Hall–Kier alpha value is -2.76. The fraction of sp³-hybridized carbons (Fsp3) is 0.333. The van der Waals surface area contributed by atoms with E-state index < -0.39 is 0 Å². The van der Waals surface area contributed by atoms with E-state index in [0.717, 1.165) is 11.4 Å². The first kappa shape index (κ1) is 17.6. The van der Waals surface area contributed by atoms with Gasteiger partial charge in [-0.05, 0) is 32.0 Å². The number of amides is 1. The largest absolute Gasteiger partial charge is 0.347 e. The van der Waals surface area contributed by atoms with Crippen LogP contribution in [0.2, 0.25) is 0 Å². The lowest BCUT2D eigenvalue weighted by atomic mass is 10.2. The molecule has 0 aromatic carbocycles. The molecule has 2 aromatic heterocycles. The Morgan fingerprint density at radius 2 is 2.17 bits per heavy atom. The monoisotopic (exact) mass is 326 g/mol. The summed E-state index contributed by atoms with van der Waals surface area (Å²) in [5.74, 6) is -0.0487. The lowest BCUT2D eigenvalue weighted by Gasteiger charge is -2.21. The standard InChI is InChI=1S/C18H22N4O2/c1-4-10-21(13-16-7-5-6-9-19-16)17(23)8-11-22-15(3)12-14(2)20-18(22)24/h4-7,9,12H,1,8,10-11,13H2,2-3H3. The van der Waals surface area contributed by atoms with E-state index in [9.17, 15) is 9.59 Å². The SMILES string of the molecule is C=CCN(Cc1ccccn1)C(=O)CCn1c(C)cc(C)nc1=O. The average molecular weight is 326 g/mol. The number of hydrogen-bond donors (Lipinski definition) is 0. The summed E-state index contributed by atoms with van der Waals surface area (Å²) >= 11 is 0. The van der Waals surface area contributed by atoms with Crippen LogP contribution in [0.15, 0.2) is 47.9 Å². The van der Waals surface area contributed by atoms with Crippen LogP contribution in [0, 0.1) is 13.8 Å². The van der Waals surface area contributed by atoms with Crippen molar-refractivity contribution in [2.24, 2.45) is 0 Å². The predicted molar refractivity (Wildman–Crippen MR) is 92.4 cm³/mol. The highest BCUT2D eigenvalue weighted by Crippen LogP contribution is 2.05. The molecule has 6 nitrogen and oxygen atoms in total. The lowest BCUT2D eigenvalue weighted by molar-refractivity contribution is -0.131. The second-order valence-corrected chi connectivity index (χ2v) is 5.61. The molecule has 0 unspecified atom stereocenters. The molecular formula is C18H22N4O2. The molecule has 2 heterocycles. The molecule has 0 saturated carbocycles. The Balaban J connectivity index is 2.06. The number of nitrogens with zero attached hydrogens (tertiary/aromatic N) is 4. The molecule has 2 aromatic rings. The Bertz CT molecular complexity index is 768. The molecule has 0 bridgehead atoms. The minimum Gasteiger partial charge on any atom is -0.333 e. The van der Waals surface area contributed by atoms with Crippen LogP contribution >= 0.6 is 0 Å². The van der Waals surface area contributed by atoms with Gasteiger partial charge >= 0.3 is 5.69 Å². The molecule has 0 aliphatic carbocycles. The third kappa shape index (κ3) is 4.62. The number of hydrogen-bond acceptors (Lipinski definition) is 4. The molecule has 1 amide bonds. The molecule has 2 rings (SSSR count). The molecule has 0 radical (unpaired) electrons. The van der Waals surface area contributed by atoms with Gasteiger partial charge in [0.05, 0.1) is 12.2 Å². The van der Waals surface area contributed by atoms with Crippen LogP contribution in [0.25, 0.3) is 0 Å². The fourth-order valence-corrected chi connectivity index (χ4v) is 2.51. The quantitative estimate of drug-likeness (QED) is 0.728. The first-order valence-electron chi connectivity index (χ1n) is 7.85. The van der Waals surface area contributed by atoms with Crippen molar-refractivity contribution in [1.82, 2.24) is 19.4 Å². The Morgan fingerprint density at radius 1 is 1.38 bits per heavy atom. The van der Waals surface area contributed by atoms with E-state index in [0.29, 0.717) is 25.3 Å². The van der Waals surface area contributed by atoms with Gasteiger partial charge in [0.15, 0.2) is 0 Å². The van der Waals surface area contributed by atoms with Crippen LogP contribution in [0.3, 0.4) is 0 Å². The molecule has 24 heavy (non-hydrogen) atoms. The maximum absolute atomic E-state index is 12.5. The van der Waals surface area contributed by atoms with Crippen molar-refractivity contribution in [3.05, 3.63) is 70.7 Å². The van der Waals surface area contributed by atoms with E-state index in [1.807, 2.05) is 31.2 Å². The summed E-state index contributed by atoms with van der Waals surface area (Å²) < 4.78 is 1.53. The molecule has 0 aliphatic heterocycles. The highest BCUT2D eigenvalue weighted by molar-refractivity contribution is 5.76. The minimum absolute atomic E-state index is 0.0487. The van der Waals surface area contributed by atoms with Crippen LogP contribution in [0.4, 0.5) is 0 Å². The van der Waals surface area contributed by atoms with Gasteiger partial charge in [-0.1, -0.05) is 12.1 Å². The maximum atomic E-state index is 12.5. The van der Waals surface area contributed by atoms with Gasteiger partial charge in [0, 0.05) is 37.1 Å². The van der Waals surface area contributed by atoms with Gasteiger partial charge in [-0.15, -0.1) is 6.58 Å². The minimum atomic E-state index is -0.319. The van der Waals surface area contributed by atoms with Gasteiger partial charge in [-0.3, -0.25) is 14.3 Å². The number of carbonyl (C=O) groups excluding carboxylic acids is 1. The molecule has 0 N–H and O–H groups in total. The Morgan fingerprint density at radius 3 is 2.79 bits per heavy atom. The summed E-state index contributed by atoms with van der Waals surface area (Å²) in [4.78, 5) is 34.3. The second kappa shape index (κ2) is 8.19. The summed E-state index contributed by atoms with van der Waals surface area (Å²) in [5.41, 5.74) is 1.99. The summed E-state index contributed by atoms with van der Waals surface area (Å²) in [6, 6.07) is 7.44. The number of rotatable bonds is 7. The summed E-state index contributed by atoms with van der Waals surface area (Å²) in [6.07, 6.45) is 3.62. The first-order valence-corrected chi connectivity index (χ1v) is 7.85. The van der Waals surface area contributed by atoms with Crippen molar-refractivity contribution in [3.63, 3.8) is 0 Å². The van der Waals surface area contributed by atoms with E-state index in [4.69, 9.17) is 0 Å². The van der Waals surface area contributed by atoms with Gasteiger partial charge in [-0.25, -0.2) is 4.79 Å². The number of aryl methyl sites for hydroxylation is 2. The molecule has 0 fully saturated rings. The van der Waals surface area contributed by atoms with Crippen LogP contribution in [0.1, 0.15) is 23.5 Å². The van der Waals surface area contributed by atoms with Crippen molar-refractivity contribution in [3.8, 4) is 0 Å². The van der Waals surface area contributed by atoms with E-state index in [-0.39, 0.29) is 18.0 Å². The van der Waals surface area contributed by atoms with Crippen molar-refractivity contribution in [2.45, 2.75) is 33.4 Å². The van der Waals surface area contributed by atoms with Crippen molar-refractivity contribution in [2.75, 3.05) is 6.54 Å². The topological polar surface area (TPSA) is 68.1 Å². The molecule has 126 valence electrons. The molecule has 0 aliphatic rings. The van der Waals surface area contributed by atoms with E-state index in [1.54, 1.807) is 24.1 Å². The summed E-state index contributed by atoms with van der Waals surface area (Å²) in [5, 5.41) is 0. The number of carbonyl (C=O) groups is 1. The van der Waals surface area contributed by atoms with Crippen molar-refractivity contribution in [1.29, 1.82) is 0 Å². The Labute approximate surface area is 141 Å². The van der Waals surface area contributed by atoms with E-state index >= 15 is 0 Å². The second-order valence-electron chi connectivity index (χ2n) is 5.61. The predicted octanol–water partition coefficient (Wildman–Crippen LogP) is 1.86. The van der Waals surface area contributed by atoms with E-state index in [2.05, 4.69) is 16.5 Å². The van der Waals surface area contributed by atoms with Gasteiger partial charge in [-0.2, -0.15) is 4.98 Å². The van der Waals surface area contributed by atoms with Crippen LogP contribution < -0.4 is 5.69 Å².